The number of carbonyl (C=O) groups excluding carboxylic acids is 3. The van der Waals surface area contributed by atoms with Crippen LogP contribution in [-0.4, -0.2) is 57.6 Å². The van der Waals surface area contributed by atoms with Crippen molar-refractivity contribution in [2.24, 2.45) is 5.92 Å². The molecule has 38 heavy (non-hydrogen) atoms. The second-order valence-corrected chi connectivity index (χ2v) is 9.45. The number of imidazole rings is 1. The highest BCUT2D eigenvalue weighted by Crippen LogP contribution is 2.29. The van der Waals surface area contributed by atoms with E-state index in [2.05, 4.69) is 10.3 Å². The summed E-state index contributed by atoms with van der Waals surface area (Å²) in [6.07, 6.45) is 7.28. The number of pyridine rings is 1. The van der Waals surface area contributed by atoms with E-state index in [0.717, 1.165) is 12.8 Å². The molecule has 0 aliphatic heterocycles. The molecule has 11 heteroatoms. The molecule has 2 amide bonds. The molecule has 0 unspecified atom stereocenters. The van der Waals surface area contributed by atoms with Gasteiger partial charge in [-0.05, 0) is 61.9 Å². The summed E-state index contributed by atoms with van der Waals surface area (Å²) in [7, 11) is 3.31. The number of aromatic nitrogens is 3. The number of amides is 2. The average molecular weight is 524 g/mol. The molecule has 0 atom stereocenters. The Morgan fingerprint density at radius 2 is 2.03 bits per heavy atom. The standard InChI is InChI=1S/C27H30FN5O5/c1-31(2)25(35)9-5-3-4-8-24(34)30-20-7-6-14-32(26(20)36)16-23-29-21-15-19(28)12-13-22(21)33(23)27(37)38-17-18-10-11-18/h5-7,9,12-15,18H,3-4,8,10-11,16-17H2,1-2H3,(H,30,34)/b9-5+. The van der Waals surface area contributed by atoms with Crippen LogP contribution in [0.3, 0.4) is 0 Å². The average Bonchev–Trinajstić information content (AvgIpc) is 3.64. The van der Waals surface area contributed by atoms with Crippen molar-refractivity contribution in [3.05, 3.63) is 70.7 Å². The monoisotopic (exact) mass is 523 g/mol. The van der Waals surface area contributed by atoms with E-state index in [1.54, 1.807) is 26.2 Å². The van der Waals surface area contributed by atoms with Gasteiger partial charge in [0.2, 0.25) is 11.8 Å². The highest BCUT2D eigenvalue weighted by molar-refractivity contribution is 5.90. The summed E-state index contributed by atoms with van der Waals surface area (Å²) in [6, 6.07) is 7.00. The zero-order chi connectivity index (χ0) is 27.2. The van der Waals surface area contributed by atoms with Crippen LogP contribution in [0.5, 0.6) is 0 Å². The van der Waals surface area contributed by atoms with Crippen molar-refractivity contribution < 1.29 is 23.5 Å². The molecular weight excluding hydrogens is 493 g/mol. The fraction of sp³-hybridized carbons (Fsp3) is 0.370. The Bertz CT molecular complexity index is 1440. The van der Waals surface area contributed by atoms with E-state index in [1.165, 1.54) is 50.6 Å². The summed E-state index contributed by atoms with van der Waals surface area (Å²) < 4.78 is 21.8. The van der Waals surface area contributed by atoms with Gasteiger partial charge >= 0.3 is 6.09 Å². The van der Waals surface area contributed by atoms with E-state index in [9.17, 15) is 23.6 Å². The molecule has 1 aromatic carbocycles. The second-order valence-electron chi connectivity index (χ2n) is 9.45. The molecule has 0 spiro atoms. The van der Waals surface area contributed by atoms with E-state index < -0.39 is 17.5 Å². The fourth-order valence-electron chi connectivity index (χ4n) is 3.79. The zero-order valence-electron chi connectivity index (χ0n) is 21.4. The third kappa shape index (κ3) is 6.72. The first kappa shape index (κ1) is 26.8. The van der Waals surface area contributed by atoms with Gasteiger partial charge in [0.1, 0.15) is 17.3 Å². The second kappa shape index (κ2) is 11.8. The lowest BCUT2D eigenvalue weighted by atomic mass is 10.2. The summed E-state index contributed by atoms with van der Waals surface area (Å²) in [6.45, 7) is 0.199. The van der Waals surface area contributed by atoms with Gasteiger partial charge in [0.15, 0.2) is 0 Å². The molecule has 1 saturated carbocycles. The van der Waals surface area contributed by atoms with E-state index >= 15 is 0 Å². The number of halogens is 1. The van der Waals surface area contributed by atoms with Gasteiger partial charge in [0.25, 0.3) is 5.56 Å². The molecule has 2 heterocycles. The smallest absolute Gasteiger partial charge is 0.420 e. The van der Waals surface area contributed by atoms with Crippen LogP contribution in [0.25, 0.3) is 11.0 Å². The number of nitrogens with one attached hydrogen (secondary N) is 1. The van der Waals surface area contributed by atoms with Gasteiger partial charge < -0.3 is 19.5 Å². The summed E-state index contributed by atoms with van der Waals surface area (Å²) in [5.74, 6) is -0.403. The van der Waals surface area contributed by atoms with E-state index in [0.29, 0.717) is 30.9 Å². The molecule has 1 aliphatic rings. The van der Waals surface area contributed by atoms with E-state index in [4.69, 9.17) is 4.74 Å². The van der Waals surface area contributed by atoms with E-state index in [1.807, 2.05) is 0 Å². The Labute approximate surface area is 218 Å². The number of ether oxygens (including phenoxy) is 1. The minimum Gasteiger partial charge on any atom is -0.449 e. The Morgan fingerprint density at radius 1 is 1.24 bits per heavy atom. The largest absolute Gasteiger partial charge is 0.449 e. The maximum Gasteiger partial charge on any atom is 0.420 e. The molecular formula is C27H30FN5O5. The summed E-state index contributed by atoms with van der Waals surface area (Å²) in [5, 5.41) is 2.63. The molecule has 1 N–H and O–H groups in total. The van der Waals surface area contributed by atoms with Crippen LogP contribution in [0.4, 0.5) is 14.9 Å². The Hall–Kier alpha value is -4.28. The number of benzene rings is 1. The predicted molar refractivity (Wildman–Crippen MR) is 139 cm³/mol. The number of hydrogen-bond acceptors (Lipinski definition) is 6. The van der Waals surface area contributed by atoms with Crippen molar-refractivity contribution in [2.75, 3.05) is 26.0 Å². The first-order valence-corrected chi connectivity index (χ1v) is 12.4. The summed E-state index contributed by atoms with van der Waals surface area (Å²) in [4.78, 5) is 55.8. The minimum absolute atomic E-state index is 0.0841. The van der Waals surface area contributed by atoms with Crippen LogP contribution < -0.4 is 10.9 Å². The number of unbranched alkanes of at least 4 members (excludes halogenated alkanes) is 1. The molecule has 4 rings (SSSR count). The predicted octanol–water partition coefficient (Wildman–Crippen LogP) is 3.53. The highest BCUT2D eigenvalue weighted by atomic mass is 19.1. The maximum absolute atomic E-state index is 13.8. The molecule has 3 aromatic rings. The van der Waals surface area contributed by atoms with Crippen LogP contribution in [0, 0.1) is 11.7 Å². The molecule has 2 aromatic heterocycles. The molecule has 0 radical (unpaired) electrons. The Kier molecular flexibility index (Phi) is 8.35. The first-order chi connectivity index (χ1) is 18.2. The van der Waals surface area contributed by atoms with Crippen LogP contribution >= 0.6 is 0 Å². The van der Waals surface area contributed by atoms with Crippen molar-refractivity contribution in [3.63, 3.8) is 0 Å². The normalized spacial score (nSPS) is 13.1. The van der Waals surface area contributed by atoms with Gasteiger partial charge in [-0.15, -0.1) is 0 Å². The lowest BCUT2D eigenvalue weighted by molar-refractivity contribution is -0.123. The number of carbonyl (C=O) groups is 3. The molecule has 0 saturated heterocycles. The van der Waals surface area contributed by atoms with Gasteiger partial charge in [-0.1, -0.05) is 6.08 Å². The van der Waals surface area contributed by atoms with Crippen LogP contribution in [0.15, 0.2) is 53.5 Å². The number of hydrogen-bond donors (Lipinski definition) is 1. The van der Waals surface area contributed by atoms with E-state index in [-0.39, 0.29) is 41.8 Å². The number of fused-ring (bicyclic) bond motifs is 1. The first-order valence-electron chi connectivity index (χ1n) is 12.4. The van der Waals surface area contributed by atoms with Crippen molar-refractivity contribution in [1.29, 1.82) is 0 Å². The van der Waals surface area contributed by atoms with Gasteiger partial charge in [-0.25, -0.2) is 18.7 Å². The topological polar surface area (TPSA) is 116 Å². The van der Waals surface area contributed by atoms with Gasteiger partial charge in [-0.2, -0.15) is 0 Å². The number of likely N-dealkylation sites (N-methyl/N-ethyl adjacent to an activating group) is 1. The third-order valence-corrected chi connectivity index (χ3v) is 6.09. The minimum atomic E-state index is -0.639. The fourth-order valence-corrected chi connectivity index (χ4v) is 3.79. The lowest BCUT2D eigenvalue weighted by Gasteiger charge is -2.11. The lowest BCUT2D eigenvalue weighted by Crippen LogP contribution is -2.27. The summed E-state index contributed by atoms with van der Waals surface area (Å²) >= 11 is 0. The SMILES string of the molecule is CN(C)C(=O)/C=C/CCCC(=O)Nc1cccn(Cc2nc3cc(F)ccc3n2C(=O)OCC2CC2)c1=O. The molecule has 1 aliphatic carbocycles. The maximum atomic E-state index is 13.8. The Morgan fingerprint density at radius 3 is 2.76 bits per heavy atom. The number of allylic oxidation sites excluding steroid dienone is 1. The van der Waals surface area contributed by atoms with Gasteiger partial charge in [-0.3, -0.25) is 14.4 Å². The van der Waals surface area contributed by atoms with Crippen LogP contribution in [-0.2, 0) is 20.9 Å². The number of rotatable bonds is 10. The van der Waals surface area contributed by atoms with Gasteiger partial charge in [0, 0.05) is 32.8 Å². The highest BCUT2D eigenvalue weighted by Gasteiger charge is 2.25. The molecule has 0 bridgehead atoms. The third-order valence-electron chi connectivity index (χ3n) is 6.09. The number of nitrogens with zero attached hydrogens (tertiary/aromatic N) is 4. The molecule has 1 fully saturated rings. The van der Waals surface area contributed by atoms with Crippen molar-refractivity contribution in [2.45, 2.75) is 38.6 Å². The van der Waals surface area contributed by atoms with Crippen molar-refractivity contribution in [1.82, 2.24) is 19.0 Å². The Balaban J connectivity index is 1.46. The summed E-state index contributed by atoms with van der Waals surface area (Å²) in [5.41, 5.74) is 0.248. The van der Waals surface area contributed by atoms with Gasteiger partial charge in [0.05, 0.1) is 24.2 Å². The quantitative estimate of drug-likeness (QED) is 0.321. The molecule has 200 valence electrons. The number of anilines is 1. The van der Waals surface area contributed by atoms with Crippen LogP contribution in [0.1, 0.15) is 37.9 Å². The van der Waals surface area contributed by atoms with Crippen molar-refractivity contribution >= 4 is 34.6 Å². The zero-order valence-corrected chi connectivity index (χ0v) is 21.4. The van der Waals surface area contributed by atoms with Crippen molar-refractivity contribution in [3.8, 4) is 0 Å². The van der Waals surface area contributed by atoms with Crippen LogP contribution in [0.2, 0.25) is 0 Å². The molecule has 10 nitrogen and oxygen atoms in total.